The number of aromatic hydroxyl groups is 1. The van der Waals surface area contributed by atoms with E-state index in [-0.39, 0.29) is 23.0 Å². The van der Waals surface area contributed by atoms with Gasteiger partial charge in [-0.3, -0.25) is 14.9 Å². The number of carbonyl (C=O) groups is 1. The Labute approximate surface area is 154 Å². The van der Waals surface area contributed by atoms with Crippen LogP contribution >= 0.6 is 15.9 Å². The summed E-state index contributed by atoms with van der Waals surface area (Å²) in [4.78, 5) is 24.9. The van der Waals surface area contributed by atoms with Crippen LogP contribution in [0.25, 0.3) is 10.9 Å². The lowest BCUT2D eigenvalue weighted by molar-refractivity contribution is -0.385. The second-order valence-electron chi connectivity index (χ2n) is 5.12. The van der Waals surface area contributed by atoms with Crippen LogP contribution in [0.3, 0.4) is 0 Å². The van der Waals surface area contributed by atoms with Crippen molar-refractivity contribution in [2.24, 2.45) is 10.2 Å². The molecule has 0 aliphatic heterocycles. The number of para-hydroxylation sites is 2. The highest BCUT2D eigenvalue weighted by molar-refractivity contribution is 9.10. The molecular formula is C16H11BrN4O5. The fraction of sp³-hybridized carbons (Fsp3) is 0.0625. The molecule has 0 saturated carbocycles. The molecule has 10 heteroatoms. The Morgan fingerprint density at radius 1 is 1.31 bits per heavy atom. The fourth-order valence-electron chi connectivity index (χ4n) is 2.24. The summed E-state index contributed by atoms with van der Waals surface area (Å²) in [5, 5.41) is 28.6. The highest BCUT2D eigenvalue weighted by atomic mass is 79.9. The summed E-state index contributed by atoms with van der Waals surface area (Å²) >= 11 is 3.32. The third-order valence-corrected chi connectivity index (χ3v) is 3.88. The Hall–Kier alpha value is -3.27. The van der Waals surface area contributed by atoms with Crippen molar-refractivity contribution < 1.29 is 19.6 Å². The molecule has 0 fully saturated rings. The number of amides is 1. The van der Waals surface area contributed by atoms with E-state index in [2.05, 4.69) is 31.1 Å². The number of nitrogens with zero attached hydrogens (tertiary/aromatic N) is 3. The van der Waals surface area contributed by atoms with Crippen molar-refractivity contribution >= 4 is 44.1 Å². The lowest BCUT2D eigenvalue weighted by Crippen LogP contribution is -2.09. The molecule has 9 nitrogen and oxygen atoms in total. The third-order valence-electron chi connectivity index (χ3n) is 3.39. The van der Waals surface area contributed by atoms with Crippen molar-refractivity contribution in [2.75, 3.05) is 6.61 Å². The number of fused-ring (bicyclic) bond motifs is 1. The minimum atomic E-state index is -0.758. The first-order valence-corrected chi connectivity index (χ1v) is 8.06. The number of halogens is 1. The van der Waals surface area contributed by atoms with Crippen LogP contribution in [0.15, 0.2) is 57.2 Å². The second-order valence-corrected chi connectivity index (χ2v) is 6.04. The van der Waals surface area contributed by atoms with E-state index in [1.807, 2.05) is 0 Å². The number of nitro benzene ring substituents is 1. The fourth-order valence-corrected chi connectivity index (χ4v) is 2.60. The molecule has 0 atom stereocenters. The van der Waals surface area contributed by atoms with E-state index in [4.69, 9.17) is 4.74 Å². The number of aromatic amines is 1. The van der Waals surface area contributed by atoms with Crippen LogP contribution in [0.2, 0.25) is 0 Å². The molecule has 1 amide bonds. The summed E-state index contributed by atoms with van der Waals surface area (Å²) in [5.74, 6) is -1.03. The molecule has 26 heavy (non-hydrogen) atoms. The van der Waals surface area contributed by atoms with Gasteiger partial charge < -0.3 is 14.8 Å². The maximum Gasteiger partial charge on any atom is 0.310 e. The van der Waals surface area contributed by atoms with Gasteiger partial charge in [-0.1, -0.05) is 28.1 Å². The molecule has 0 spiro atoms. The summed E-state index contributed by atoms with van der Waals surface area (Å²) in [6.45, 7) is -0.527. The number of rotatable bonds is 5. The molecule has 0 aliphatic rings. The summed E-state index contributed by atoms with van der Waals surface area (Å²) in [6.07, 6.45) is 0. The monoisotopic (exact) mass is 418 g/mol. The van der Waals surface area contributed by atoms with Gasteiger partial charge in [0.25, 0.3) is 0 Å². The van der Waals surface area contributed by atoms with Crippen LogP contribution in [0.1, 0.15) is 0 Å². The van der Waals surface area contributed by atoms with Crippen LogP contribution in [0.5, 0.6) is 11.6 Å². The molecule has 3 rings (SSSR count). The summed E-state index contributed by atoms with van der Waals surface area (Å²) in [7, 11) is 0. The molecule has 132 valence electrons. The average molecular weight is 419 g/mol. The Bertz CT molecular complexity index is 1030. The number of nitrogens with one attached hydrogen (secondary N) is 1. The number of aromatic nitrogens is 1. The first kappa shape index (κ1) is 17.5. The molecule has 0 radical (unpaired) electrons. The van der Waals surface area contributed by atoms with Crippen molar-refractivity contribution in [3.05, 3.63) is 57.1 Å². The van der Waals surface area contributed by atoms with Gasteiger partial charge >= 0.3 is 11.6 Å². The third kappa shape index (κ3) is 3.70. The zero-order chi connectivity index (χ0) is 18.7. The van der Waals surface area contributed by atoms with Gasteiger partial charge in [0, 0.05) is 15.9 Å². The maximum atomic E-state index is 11.9. The van der Waals surface area contributed by atoms with E-state index in [0.29, 0.717) is 10.9 Å². The number of ether oxygens (including phenoxy) is 1. The zero-order valence-electron chi connectivity index (χ0n) is 13.0. The number of hydrogen-bond acceptors (Lipinski definition) is 6. The van der Waals surface area contributed by atoms with E-state index in [9.17, 15) is 20.0 Å². The predicted molar refractivity (Wildman–Crippen MR) is 95.8 cm³/mol. The van der Waals surface area contributed by atoms with Gasteiger partial charge in [0.15, 0.2) is 18.0 Å². The van der Waals surface area contributed by atoms with Crippen LogP contribution in [-0.2, 0) is 4.79 Å². The van der Waals surface area contributed by atoms with Gasteiger partial charge in [-0.15, -0.1) is 10.2 Å². The Morgan fingerprint density at radius 2 is 2.08 bits per heavy atom. The lowest BCUT2D eigenvalue weighted by Gasteiger charge is -2.03. The quantitative estimate of drug-likeness (QED) is 0.363. The lowest BCUT2D eigenvalue weighted by atomic mass is 10.2. The molecule has 0 bridgehead atoms. The van der Waals surface area contributed by atoms with E-state index in [1.165, 1.54) is 18.2 Å². The molecule has 0 unspecified atom stereocenters. The molecule has 0 aliphatic carbocycles. The van der Waals surface area contributed by atoms with Gasteiger partial charge in [-0.2, -0.15) is 0 Å². The number of azo groups is 1. The Morgan fingerprint density at radius 3 is 2.85 bits per heavy atom. The molecule has 2 aromatic carbocycles. The predicted octanol–water partition coefficient (Wildman–Crippen LogP) is 4.23. The highest BCUT2D eigenvalue weighted by Crippen LogP contribution is 2.36. The molecule has 0 saturated heterocycles. The highest BCUT2D eigenvalue weighted by Gasteiger charge is 2.15. The summed E-state index contributed by atoms with van der Waals surface area (Å²) in [5.41, 5.74) is 0.486. The van der Waals surface area contributed by atoms with Gasteiger partial charge in [0.2, 0.25) is 5.88 Å². The number of H-pyrrole nitrogens is 1. The van der Waals surface area contributed by atoms with Crippen molar-refractivity contribution in [3.63, 3.8) is 0 Å². The van der Waals surface area contributed by atoms with Crippen molar-refractivity contribution in [1.82, 2.24) is 4.98 Å². The summed E-state index contributed by atoms with van der Waals surface area (Å²) < 4.78 is 5.91. The topological polar surface area (TPSA) is 130 Å². The van der Waals surface area contributed by atoms with E-state index in [1.54, 1.807) is 24.3 Å². The van der Waals surface area contributed by atoms with E-state index >= 15 is 0 Å². The molecule has 1 heterocycles. The minimum absolute atomic E-state index is 0.0417. The molecule has 1 aromatic heterocycles. The first-order chi connectivity index (χ1) is 12.5. The van der Waals surface area contributed by atoms with Crippen molar-refractivity contribution in [2.45, 2.75) is 0 Å². The van der Waals surface area contributed by atoms with Gasteiger partial charge in [-0.25, -0.2) is 0 Å². The Balaban J connectivity index is 1.74. The normalized spacial score (nSPS) is 11.1. The summed E-state index contributed by atoms with van der Waals surface area (Å²) in [6, 6.07) is 10.9. The number of nitro groups is 1. The molecule has 2 N–H and O–H groups in total. The van der Waals surface area contributed by atoms with Gasteiger partial charge in [0.1, 0.15) is 0 Å². The van der Waals surface area contributed by atoms with Crippen molar-refractivity contribution in [1.29, 1.82) is 0 Å². The van der Waals surface area contributed by atoms with Crippen molar-refractivity contribution in [3.8, 4) is 11.6 Å². The average Bonchev–Trinajstić information content (AvgIpc) is 2.92. The van der Waals surface area contributed by atoms with Gasteiger partial charge in [-0.05, 0) is 24.3 Å². The second kappa shape index (κ2) is 7.31. The maximum absolute atomic E-state index is 11.9. The number of hydrogen-bond donors (Lipinski definition) is 2. The minimum Gasteiger partial charge on any atom is -0.493 e. The number of carbonyl (C=O) groups excluding carboxylic acids is 1. The Kier molecular flexibility index (Phi) is 4.94. The zero-order valence-corrected chi connectivity index (χ0v) is 14.6. The SMILES string of the molecule is O=C(COc1ccccc1[N+](=O)[O-])N=Nc1c(O)[nH]c2ccc(Br)cc12. The van der Waals surface area contributed by atoms with Crippen LogP contribution in [-0.4, -0.2) is 27.5 Å². The van der Waals surface area contributed by atoms with Crippen LogP contribution in [0.4, 0.5) is 11.4 Å². The first-order valence-electron chi connectivity index (χ1n) is 7.26. The van der Waals surface area contributed by atoms with Crippen LogP contribution < -0.4 is 4.74 Å². The standard InChI is InChI=1S/C16H11BrN4O5/c17-9-5-6-11-10(7-9)15(16(23)18-11)20-19-14(22)8-26-13-4-2-1-3-12(13)21(24)25/h1-7,18,23H,8H2. The number of benzene rings is 2. The van der Waals surface area contributed by atoms with Gasteiger partial charge in [0.05, 0.1) is 10.4 Å². The van der Waals surface area contributed by atoms with E-state index < -0.39 is 17.4 Å². The smallest absolute Gasteiger partial charge is 0.310 e. The largest absolute Gasteiger partial charge is 0.493 e. The van der Waals surface area contributed by atoms with E-state index in [0.717, 1.165) is 4.47 Å². The molecule has 3 aromatic rings. The molecular weight excluding hydrogens is 408 g/mol. The van der Waals surface area contributed by atoms with Crippen LogP contribution in [0, 0.1) is 10.1 Å².